The maximum atomic E-state index is 5.83. The van der Waals surface area contributed by atoms with E-state index >= 15 is 0 Å². The number of rotatable bonds is 6. The molecule has 108 valence electrons. The number of benzene rings is 1. The summed E-state index contributed by atoms with van der Waals surface area (Å²) >= 11 is 0. The van der Waals surface area contributed by atoms with Crippen molar-refractivity contribution in [2.45, 2.75) is 72.1 Å². The molecule has 0 amide bonds. The summed E-state index contributed by atoms with van der Waals surface area (Å²) in [6.45, 7) is 16.5. The molecule has 0 saturated heterocycles. The second-order valence-electron chi connectivity index (χ2n) is 6.62. The standard InChI is InChI=1S/C18H30O/c1-8-17(4,5)14-11-12-16(19-10-3)15(13-14)18(6,7)9-2/h11-13H,8-10H2,1-7H3. The van der Waals surface area contributed by atoms with E-state index in [1.807, 2.05) is 6.92 Å². The van der Waals surface area contributed by atoms with Gasteiger partial charge < -0.3 is 4.74 Å². The molecule has 0 saturated carbocycles. The van der Waals surface area contributed by atoms with Gasteiger partial charge in [-0.05, 0) is 42.2 Å². The van der Waals surface area contributed by atoms with Crippen molar-refractivity contribution < 1.29 is 4.74 Å². The third kappa shape index (κ3) is 3.52. The maximum absolute atomic E-state index is 5.83. The average Bonchev–Trinajstić information content (AvgIpc) is 2.39. The van der Waals surface area contributed by atoms with Crippen molar-refractivity contribution in [2.75, 3.05) is 6.61 Å². The van der Waals surface area contributed by atoms with Gasteiger partial charge in [0.2, 0.25) is 0 Å². The van der Waals surface area contributed by atoms with E-state index in [1.165, 1.54) is 11.1 Å². The summed E-state index contributed by atoms with van der Waals surface area (Å²) in [7, 11) is 0. The van der Waals surface area contributed by atoms with E-state index in [1.54, 1.807) is 0 Å². The summed E-state index contributed by atoms with van der Waals surface area (Å²) < 4.78 is 5.83. The topological polar surface area (TPSA) is 9.23 Å². The summed E-state index contributed by atoms with van der Waals surface area (Å²) in [4.78, 5) is 0. The fourth-order valence-electron chi connectivity index (χ4n) is 2.16. The molecule has 0 aliphatic rings. The van der Waals surface area contributed by atoms with E-state index in [-0.39, 0.29) is 10.8 Å². The molecule has 0 bridgehead atoms. The molecular formula is C18H30O. The van der Waals surface area contributed by atoms with Crippen LogP contribution in [-0.4, -0.2) is 6.61 Å². The Morgan fingerprint density at radius 3 is 1.95 bits per heavy atom. The minimum Gasteiger partial charge on any atom is -0.494 e. The molecule has 1 aromatic rings. The van der Waals surface area contributed by atoms with Crippen LogP contribution < -0.4 is 4.74 Å². The van der Waals surface area contributed by atoms with E-state index in [2.05, 4.69) is 59.7 Å². The first-order valence-electron chi connectivity index (χ1n) is 7.56. The van der Waals surface area contributed by atoms with Crippen LogP contribution in [-0.2, 0) is 10.8 Å². The van der Waals surface area contributed by atoms with Gasteiger partial charge in [-0.25, -0.2) is 0 Å². The van der Waals surface area contributed by atoms with Gasteiger partial charge in [0.15, 0.2) is 0 Å². The molecular weight excluding hydrogens is 232 g/mol. The van der Waals surface area contributed by atoms with Gasteiger partial charge in [0.25, 0.3) is 0 Å². The van der Waals surface area contributed by atoms with Crippen LogP contribution in [0.1, 0.15) is 72.4 Å². The first kappa shape index (κ1) is 16.1. The van der Waals surface area contributed by atoms with Gasteiger partial charge in [0.05, 0.1) is 6.61 Å². The Labute approximate surface area is 119 Å². The molecule has 0 aromatic heterocycles. The Balaban J connectivity index is 3.34. The molecule has 1 heteroatoms. The molecule has 1 nitrogen and oxygen atoms in total. The maximum Gasteiger partial charge on any atom is 0.123 e. The highest BCUT2D eigenvalue weighted by atomic mass is 16.5. The highest BCUT2D eigenvalue weighted by Crippen LogP contribution is 2.38. The van der Waals surface area contributed by atoms with Gasteiger partial charge in [0, 0.05) is 5.56 Å². The van der Waals surface area contributed by atoms with E-state index in [0.717, 1.165) is 25.2 Å². The van der Waals surface area contributed by atoms with E-state index in [9.17, 15) is 0 Å². The van der Waals surface area contributed by atoms with Crippen LogP contribution in [0.15, 0.2) is 18.2 Å². The zero-order valence-electron chi connectivity index (χ0n) is 13.8. The predicted octanol–water partition coefficient (Wildman–Crippen LogP) is 5.46. The van der Waals surface area contributed by atoms with Crippen LogP contribution in [0.4, 0.5) is 0 Å². The molecule has 1 rings (SSSR count). The van der Waals surface area contributed by atoms with Crippen molar-refractivity contribution in [3.8, 4) is 5.75 Å². The van der Waals surface area contributed by atoms with Crippen molar-refractivity contribution >= 4 is 0 Å². The summed E-state index contributed by atoms with van der Waals surface area (Å²) in [5.74, 6) is 1.05. The number of ether oxygens (including phenoxy) is 1. The largest absolute Gasteiger partial charge is 0.494 e. The molecule has 0 heterocycles. The highest BCUT2D eigenvalue weighted by molar-refractivity contribution is 5.44. The first-order valence-corrected chi connectivity index (χ1v) is 7.56. The van der Waals surface area contributed by atoms with Crippen LogP contribution >= 0.6 is 0 Å². The zero-order valence-corrected chi connectivity index (χ0v) is 13.8. The quantitative estimate of drug-likeness (QED) is 0.661. The van der Waals surface area contributed by atoms with Crippen LogP contribution in [0.25, 0.3) is 0 Å². The molecule has 0 fully saturated rings. The minimum absolute atomic E-state index is 0.157. The van der Waals surface area contributed by atoms with Crippen LogP contribution in [0, 0.1) is 0 Å². The zero-order chi connectivity index (χ0) is 14.7. The van der Waals surface area contributed by atoms with Crippen LogP contribution in [0.5, 0.6) is 5.75 Å². The van der Waals surface area contributed by atoms with E-state index in [4.69, 9.17) is 4.74 Å². The van der Waals surface area contributed by atoms with Crippen molar-refractivity contribution in [2.24, 2.45) is 0 Å². The molecule has 0 aliphatic heterocycles. The van der Waals surface area contributed by atoms with Gasteiger partial charge in [-0.15, -0.1) is 0 Å². The third-order valence-electron chi connectivity index (χ3n) is 4.56. The van der Waals surface area contributed by atoms with Gasteiger partial charge in [0.1, 0.15) is 5.75 Å². The molecule has 0 spiro atoms. The predicted molar refractivity (Wildman–Crippen MR) is 84.2 cm³/mol. The lowest BCUT2D eigenvalue weighted by molar-refractivity contribution is 0.325. The average molecular weight is 262 g/mol. The smallest absolute Gasteiger partial charge is 0.123 e. The first-order chi connectivity index (χ1) is 8.78. The van der Waals surface area contributed by atoms with Crippen molar-refractivity contribution in [3.63, 3.8) is 0 Å². The summed E-state index contributed by atoms with van der Waals surface area (Å²) in [6, 6.07) is 6.74. The second kappa shape index (κ2) is 5.98. The number of hydrogen-bond acceptors (Lipinski definition) is 1. The molecule has 0 aliphatic carbocycles. The molecule has 0 N–H and O–H groups in total. The molecule has 0 radical (unpaired) electrons. The lowest BCUT2D eigenvalue weighted by Gasteiger charge is -2.30. The van der Waals surface area contributed by atoms with Gasteiger partial charge in [-0.3, -0.25) is 0 Å². The molecule has 0 atom stereocenters. The Morgan fingerprint density at radius 1 is 0.895 bits per heavy atom. The van der Waals surface area contributed by atoms with Crippen molar-refractivity contribution in [1.82, 2.24) is 0 Å². The lowest BCUT2D eigenvalue weighted by Crippen LogP contribution is -2.21. The van der Waals surface area contributed by atoms with Crippen molar-refractivity contribution in [1.29, 1.82) is 0 Å². The Hall–Kier alpha value is -0.980. The normalized spacial score (nSPS) is 12.6. The lowest BCUT2D eigenvalue weighted by atomic mass is 9.76. The van der Waals surface area contributed by atoms with Gasteiger partial charge in [-0.2, -0.15) is 0 Å². The SMILES string of the molecule is CCOc1ccc(C(C)(C)CC)cc1C(C)(C)CC. The Kier molecular flexibility index (Phi) is 5.06. The summed E-state index contributed by atoms with van der Waals surface area (Å²) in [6.07, 6.45) is 2.26. The number of hydrogen-bond donors (Lipinski definition) is 0. The molecule has 19 heavy (non-hydrogen) atoms. The summed E-state index contributed by atoms with van der Waals surface area (Å²) in [5, 5.41) is 0. The highest BCUT2D eigenvalue weighted by Gasteiger charge is 2.26. The third-order valence-corrected chi connectivity index (χ3v) is 4.56. The van der Waals surface area contributed by atoms with Gasteiger partial charge >= 0.3 is 0 Å². The monoisotopic (exact) mass is 262 g/mol. The summed E-state index contributed by atoms with van der Waals surface area (Å²) in [5.41, 5.74) is 3.14. The van der Waals surface area contributed by atoms with Crippen LogP contribution in [0.3, 0.4) is 0 Å². The molecule has 0 unspecified atom stereocenters. The van der Waals surface area contributed by atoms with Gasteiger partial charge in [-0.1, -0.05) is 53.7 Å². The molecule has 1 aromatic carbocycles. The Morgan fingerprint density at radius 2 is 1.47 bits per heavy atom. The van der Waals surface area contributed by atoms with Crippen LogP contribution in [0.2, 0.25) is 0 Å². The van der Waals surface area contributed by atoms with E-state index in [0.29, 0.717) is 0 Å². The minimum atomic E-state index is 0.157. The fraction of sp³-hybridized carbons (Fsp3) is 0.667. The second-order valence-corrected chi connectivity index (χ2v) is 6.62. The van der Waals surface area contributed by atoms with Crippen molar-refractivity contribution in [3.05, 3.63) is 29.3 Å². The van der Waals surface area contributed by atoms with E-state index < -0.39 is 0 Å². The Bertz CT molecular complexity index is 416. The fourth-order valence-corrected chi connectivity index (χ4v) is 2.16.